The number of hydrogen-bond acceptors (Lipinski definition) is 4. The third kappa shape index (κ3) is 4.39. The first-order valence-electron chi connectivity index (χ1n) is 6.15. The largest absolute Gasteiger partial charge is 0.466 e. The summed E-state index contributed by atoms with van der Waals surface area (Å²) in [5.74, 6) is -0.805. The number of allylic oxidation sites excluding steroid dienone is 1. The Morgan fingerprint density at radius 3 is 2.20 bits per heavy atom. The molecule has 0 unspecified atom stereocenters. The number of benzene rings is 1. The van der Waals surface area contributed by atoms with E-state index in [2.05, 4.69) is 11.3 Å². The first-order chi connectivity index (χ1) is 9.45. The summed E-state index contributed by atoms with van der Waals surface area (Å²) in [6, 6.07) is 9.42. The van der Waals surface area contributed by atoms with Crippen LogP contribution in [0.25, 0.3) is 0 Å². The maximum atomic E-state index is 11.7. The number of hydrogen-bond donors (Lipinski definition) is 0. The molecule has 1 rings (SSSR count). The smallest absolute Gasteiger partial charge is 0.338 e. The summed E-state index contributed by atoms with van der Waals surface area (Å²) in [4.78, 5) is 23.3. The molecular formula is C16H18O4. The van der Waals surface area contributed by atoms with Crippen molar-refractivity contribution in [3.05, 3.63) is 59.4 Å². The highest BCUT2D eigenvalue weighted by atomic mass is 16.5. The topological polar surface area (TPSA) is 52.6 Å². The van der Waals surface area contributed by atoms with Gasteiger partial charge in [0.1, 0.15) is 5.76 Å². The van der Waals surface area contributed by atoms with Crippen LogP contribution < -0.4 is 0 Å². The lowest BCUT2D eigenvalue weighted by atomic mass is 10.1. The number of carbonyl (C=O) groups excluding carboxylic acids is 2. The van der Waals surface area contributed by atoms with Crippen LogP contribution in [0.5, 0.6) is 0 Å². The third-order valence-corrected chi connectivity index (χ3v) is 2.68. The molecular weight excluding hydrogens is 256 g/mol. The monoisotopic (exact) mass is 274 g/mol. The molecule has 4 nitrogen and oxygen atoms in total. The number of carbonyl (C=O) groups is 2. The third-order valence-electron chi connectivity index (χ3n) is 2.68. The van der Waals surface area contributed by atoms with Crippen molar-refractivity contribution in [2.75, 3.05) is 7.11 Å². The van der Waals surface area contributed by atoms with Gasteiger partial charge in [0, 0.05) is 12.0 Å². The zero-order valence-electron chi connectivity index (χ0n) is 11.9. The van der Waals surface area contributed by atoms with Gasteiger partial charge >= 0.3 is 11.9 Å². The van der Waals surface area contributed by atoms with Crippen LogP contribution in [0.15, 0.2) is 53.8 Å². The van der Waals surface area contributed by atoms with Crippen molar-refractivity contribution in [3.63, 3.8) is 0 Å². The van der Waals surface area contributed by atoms with Crippen molar-refractivity contribution in [1.29, 1.82) is 0 Å². The van der Waals surface area contributed by atoms with Crippen LogP contribution in [-0.4, -0.2) is 19.0 Å². The minimum Gasteiger partial charge on any atom is -0.466 e. The van der Waals surface area contributed by atoms with Gasteiger partial charge in [0.05, 0.1) is 12.7 Å². The van der Waals surface area contributed by atoms with E-state index < -0.39 is 11.9 Å². The minimum atomic E-state index is -0.556. The Morgan fingerprint density at radius 2 is 1.70 bits per heavy atom. The Kier molecular flexibility index (Phi) is 5.72. The summed E-state index contributed by atoms with van der Waals surface area (Å²) in [5.41, 5.74) is 1.47. The molecule has 0 saturated heterocycles. The second-order valence-electron chi connectivity index (χ2n) is 4.37. The van der Waals surface area contributed by atoms with Gasteiger partial charge in [0.25, 0.3) is 0 Å². The second kappa shape index (κ2) is 7.28. The molecule has 0 N–H and O–H groups in total. The van der Waals surface area contributed by atoms with Gasteiger partial charge in [-0.05, 0) is 19.4 Å². The van der Waals surface area contributed by atoms with Gasteiger partial charge in [-0.2, -0.15) is 0 Å². The van der Waals surface area contributed by atoms with Gasteiger partial charge in [0.15, 0.2) is 0 Å². The van der Waals surface area contributed by atoms with E-state index in [4.69, 9.17) is 4.74 Å². The van der Waals surface area contributed by atoms with Crippen LogP contribution in [0, 0.1) is 0 Å². The van der Waals surface area contributed by atoms with Crippen molar-refractivity contribution in [1.82, 2.24) is 0 Å². The van der Waals surface area contributed by atoms with E-state index in [9.17, 15) is 9.59 Å². The fourth-order valence-electron chi connectivity index (χ4n) is 1.49. The number of esters is 2. The molecule has 1 aromatic carbocycles. The van der Waals surface area contributed by atoms with E-state index in [0.717, 1.165) is 5.56 Å². The molecule has 106 valence electrons. The predicted octanol–water partition coefficient (Wildman–Crippen LogP) is 2.80. The summed E-state index contributed by atoms with van der Waals surface area (Å²) < 4.78 is 9.90. The van der Waals surface area contributed by atoms with E-state index in [1.165, 1.54) is 7.11 Å². The maximum absolute atomic E-state index is 11.7. The summed E-state index contributed by atoms with van der Waals surface area (Å²) in [6.45, 7) is 6.64. The molecule has 0 aliphatic heterocycles. The van der Waals surface area contributed by atoms with Crippen molar-refractivity contribution in [3.8, 4) is 0 Å². The Bertz CT molecular complexity index is 541. The average Bonchev–Trinajstić information content (AvgIpc) is 2.45. The van der Waals surface area contributed by atoms with Gasteiger partial charge in [-0.25, -0.2) is 9.59 Å². The van der Waals surface area contributed by atoms with Gasteiger partial charge in [-0.3, -0.25) is 0 Å². The molecule has 0 amide bonds. The van der Waals surface area contributed by atoms with E-state index in [1.807, 2.05) is 30.3 Å². The molecule has 0 spiro atoms. The zero-order valence-corrected chi connectivity index (χ0v) is 11.9. The van der Waals surface area contributed by atoms with Gasteiger partial charge < -0.3 is 9.47 Å². The molecule has 4 heteroatoms. The van der Waals surface area contributed by atoms with Crippen LogP contribution >= 0.6 is 0 Å². The summed E-state index contributed by atoms with van der Waals surface area (Å²) in [6.07, 6.45) is 0.334. The number of methoxy groups -OCH3 is 1. The fourth-order valence-corrected chi connectivity index (χ4v) is 1.49. The number of rotatable bonds is 5. The standard InChI is InChI=1S/C16H18O4/c1-11(2)15(17)20-14(12(3)16(18)19-4)10-13-8-6-5-7-9-13/h5-9H,1,10H2,2-4H3. The highest BCUT2D eigenvalue weighted by molar-refractivity contribution is 5.91. The van der Waals surface area contributed by atoms with Crippen LogP contribution in [0.1, 0.15) is 19.4 Å². The van der Waals surface area contributed by atoms with Crippen molar-refractivity contribution in [2.24, 2.45) is 0 Å². The number of ether oxygens (including phenoxy) is 2. The molecule has 0 aliphatic rings. The quantitative estimate of drug-likeness (QED) is 0.470. The first kappa shape index (κ1) is 15.7. The molecule has 0 aromatic heterocycles. The Balaban J connectivity index is 3.05. The van der Waals surface area contributed by atoms with Crippen molar-refractivity contribution < 1.29 is 19.1 Å². The van der Waals surface area contributed by atoms with Crippen LogP contribution in [-0.2, 0) is 25.5 Å². The zero-order chi connectivity index (χ0) is 15.1. The highest BCUT2D eigenvalue weighted by Crippen LogP contribution is 2.16. The summed E-state index contributed by atoms with van der Waals surface area (Å²) in [7, 11) is 1.28. The molecule has 1 aromatic rings. The van der Waals surface area contributed by atoms with Crippen LogP contribution in [0.4, 0.5) is 0 Å². The molecule has 0 radical (unpaired) electrons. The summed E-state index contributed by atoms with van der Waals surface area (Å²) in [5, 5.41) is 0. The van der Waals surface area contributed by atoms with Crippen LogP contribution in [0.3, 0.4) is 0 Å². The lowest BCUT2D eigenvalue weighted by molar-refractivity contribution is -0.137. The fraction of sp³-hybridized carbons (Fsp3) is 0.250. The van der Waals surface area contributed by atoms with E-state index in [-0.39, 0.29) is 16.9 Å². The van der Waals surface area contributed by atoms with Crippen molar-refractivity contribution >= 4 is 11.9 Å². The van der Waals surface area contributed by atoms with Crippen LogP contribution in [0.2, 0.25) is 0 Å². The second-order valence-corrected chi connectivity index (χ2v) is 4.37. The average molecular weight is 274 g/mol. The molecule has 0 bridgehead atoms. The Labute approximate surface area is 118 Å². The molecule has 20 heavy (non-hydrogen) atoms. The van der Waals surface area contributed by atoms with E-state index in [0.29, 0.717) is 6.42 Å². The normalized spacial score (nSPS) is 11.3. The maximum Gasteiger partial charge on any atom is 0.338 e. The van der Waals surface area contributed by atoms with Gasteiger partial charge in [0.2, 0.25) is 0 Å². The lowest BCUT2D eigenvalue weighted by Crippen LogP contribution is -2.13. The minimum absolute atomic E-state index is 0.269. The Hall–Kier alpha value is -2.36. The van der Waals surface area contributed by atoms with Gasteiger partial charge in [-0.1, -0.05) is 36.9 Å². The predicted molar refractivity (Wildman–Crippen MR) is 75.8 cm³/mol. The van der Waals surface area contributed by atoms with E-state index in [1.54, 1.807) is 13.8 Å². The van der Waals surface area contributed by atoms with Gasteiger partial charge in [-0.15, -0.1) is 0 Å². The molecule has 0 saturated carbocycles. The summed E-state index contributed by atoms with van der Waals surface area (Å²) >= 11 is 0. The molecule has 0 aliphatic carbocycles. The first-order valence-corrected chi connectivity index (χ1v) is 6.15. The lowest BCUT2D eigenvalue weighted by Gasteiger charge is -2.12. The molecule has 0 heterocycles. The SMILES string of the molecule is C=C(C)C(=O)OC(Cc1ccccc1)=C(C)C(=O)OC. The van der Waals surface area contributed by atoms with Crippen molar-refractivity contribution in [2.45, 2.75) is 20.3 Å². The molecule has 0 fully saturated rings. The molecule has 0 atom stereocenters. The Morgan fingerprint density at radius 1 is 1.10 bits per heavy atom. The highest BCUT2D eigenvalue weighted by Gasteiger charge is 2.17. The van der Waals surface area contributed by atoms with E-state index >= 15 is 0 Å².